The number of benzene rings is 1. The van der Waals surface area contributed by atoms with Crippen molar-refractivity contribution in [3.8, 4) is 5.75 Å². The van der Waals surface area contributed by atoms with E-state index in [2.05, 4.69) is 5.32 Å². The molecule has 27 heavy (non-hydrogen) atoms. The average molecular weight is 375 g/mol. The molecule has 1 N–H and O–H groups in total. The van der Waals surface area contributed by atoms with Crippen LogP contribution in [0.15, 0.2) is 24.3 Å². The first-order valence-electron chi connectivity index (χ1n) is 9.17. The molecule has 1 atom stereocenters. The number of rotatable bonds is 7. The first-order chi connectivity index (χ1) is 13.1. The lowest BCUT2D eigenvalue weighted by Gasteiger charge is -2.32. The second-order valence-electron chi connectivity index (χ2n) is 6.71. The van der Waals surface area contributed by atoms with Gasteiger partial charge >= 0.3 is 6.09 Å². The zero-order chi connectivity index (χ0) is 19.2. The Labute approximate surface area is 158 Å². The van der Waals surface area contributed by atoms with E-state index in [0.717, 1.165) is 11.3 Å². The molecule has 2 aliphatic rings. The number of nitrogens with one attached hydrogen (secondary N) is 1. The van der Waals surface area contributed by atoms with Crippen LogP contribution in [0, 0.1) is 5.92 Å². The SMILES string of the molecule is COc1ccccc1CN1CC(C(=O)NCCN2CCOC2=O)CCC1=O. The Morgan fingerprint density at radius 2 is 2.11 bits per heavy atom. The number of para-hydroxylation sites is 1. The minimum absolute atomic E-state index is 0.0461. The highest BCUT2D eigenvalue weighted by Crippen LogP contribution is 2.24. The van der Waals surface area contributed by atoms with Gasteiger partial charge in [-0.3, -0.25) is 9.59 Å². The van der Waals surface area contributed by atoms with Crippen LogP contribution in [0.2, 0.25) is 0 Å². The van der Waals surface area contributed by atoms with Crippen LogP contribution in [-0.2, 0) is 20.9 Å². The zero-order valence-corrected chi connectivity index (χ0v) is 15.5. The normalized spacial score (nSPS) is 19.8. The Balaban J connectivity index is 1.52. The summed E-state index contributed by atoms with van der Waals surface area (Å²) in [7, 11) is 1.60. The van der Waals surface area contributed by atoms with Crippen molar-refractivity contribution in [3.05, 3.63) is 29.8 Å². The van der Waals surface area contributed by atoms with Crippen molar-refractivity contribution in [1.82, 2.24) is 15.1 Å². The summed E-state index contributed by atoms with van der Waals surface area (Å²) < 4.78 is 10.2. The molecule has 0 saturated carbocycles. The molecule has 2 aliphatic heterocycles. The molecule has 2 heterocycles. The lowest BCUT2D eigenvalue weighted by Crippen LogP contribution is -2.46. The minimum atomic E-state index is -0.338. The highest BCUT2D eigenvalue weighted by Gasteiger charge is 2.31. The van der Waals surface area contributed by atoms with Crippen molar-refractivity contribution in [2.45, 2.75) is 19.4 Å². The van der Waals surface area contributed by atoms with Gasteiger partial charge < -0.3 is 24.6 Å². The second-order valence-corrected chi connectivity index (χ2v) is 6.71. The molecule has 8 nitrogen and oxygen atoms in total. The molecule has 2 saturated heterocycles. The third-order valence-electron chi connectivity index (χ3n) is 4.95. The number of amides is 3. The van der Waals surface area contributed by atoms with Crippen molar-refractivity contribution in [2.75, 3.05) is 39.9 Å². The monoisotopic (exact) mass is 375 g/mol. The van der Waals surface area contributed by atoms with Gasteiger partial charge in [-0.05, 0) is 12.5 Å². The van der Waals surface area contributed by atoms with Crippen LogP contribution in [0.5, 0.6) is 5.75 Å². The van der Waals surface area contributed by atoms with Gasteiger partial charge in [0.15, 0.2) is 0 Å². The summed E-state index contributed by atoms with van der Waals surface area (Å²) in [6, 6.07) is 7.56. The molecule has 146 valence electrons. The van der Waals surface area contributed by atoms with Gasteiger partial charge in [0.05, 0.1) is 19.6 Å². The maximum absolute atomic E-state index is 12.5. The molecule has 0 radical (unpaired) electrons. The maximum Gasteiger partial charge on any atom is 0.409 e. The van der Waals surface area contributed by atoms with Crippen LogP contribution in [0.4, 0.5) is 4.79 Å². The zero-order valence-electron chi connectivity index (χ0n) is 15.5. The molecular weight excluding hydrogens is 350 g/mol. The number of hydrogen-bond donors (Lipinski definition) is 1. The number of carbonyl (C=O) groups excluding carboxylic acids is 3. The first kappa shape index (κ1) is 19.0. The van der Waals surface area contributed by atoms with Gasteiger partial charge in [-0.2, -0.15) is 0 Å². The highest BCUT2D eigenvalue weighted by atomic mass is 16.6. The van der Waals surface area contributed by atoms with Crippen LogP contribution in [0.25, 0.3) is 0 Å². The van der Waals surface area contributed by atoms with Gasteiger partial charge in [0.25, 0.3) is 0 Å². The predicted molar refractivity (Wildman–Crippen MR) is 97.1 cm³/mol. The predicted octanol–water partition coefficient (Wildman–Crippen LogP) is 1.00. The third-order valence-corrected chi connectivity index (χ3v) is 4.95. The third kappa shape index (κ3) is 4.69. The molecule has 2 fully saturated rings. The van der Waals surface area contributed by atoms with Gasteiger partial charge in [0.2, 0.25) is 11.8 Å². The number of methoxy groups -OCH3 is 1. The fourth-order valence-corrected chi connectivity index (χ4v) is 3.41. The quantitative estimate of drug-likeness (QED) is 0.768. The van der Waals surface area contributed by atoms with Crippen LogP contribution in [0.3, 0.4) is 0 Å². The average Bonchev–Trinajstić information content (AvgIpc) is 3.08. The molecule has 1 aromatic rings. The van der Waals surface area contributed by atoms with Gasteiger partial charge in [-0.1, -0.05) is 18.2 Å². The van der Waals surface area contributed by atoms with Crippen LogP contribution < -0.4 is 10.1 Å². The molecule has 0 aromatic heterocycles. The number of ether oxygens (including phenoxy) is 2. The lowest BCUT2D eigenvalue weighted by molar-refractivity contribution is -0.138. The smallest absolute Gasteiger partial charge is 0.409 e. The molecule has 0 bridgehead atoms. The van der Waals surface area contributed by atoms with E-state index in [1.54, 1.807) is 16.9 Å². The Kier molecular flexibility index (Phi) is 6.16. The Bertz CT molecular complexity index is 708. The van der Waals surface area contributed by atoms with Crippen LogP contribution in [-0.4, -0.2) is 67.6 Å². The Hall–Kier alpha value is -2.77. The number of likely N-dealkylation sites (tertiary alicyclic amines) is 1. The summed E-state index contributed by atoms with van der Waals surface area (Å²) >= 11 is 0. The molecule has 8 heteroatoms. The summed E-state index contributed by atoms with van der Waals surface area (Å²) in [5, 5.41) is 2.87. The maximum atomic E-state index is 12.5. The van der Waals surface area contributed by atoms with Crippen molar-refractivity contribution in [3.63, 3.8) is 0 Å². The van der Waals surface area contributed by atoms with Crippen LogP contribution in [0.1, 0.15) is 18.4 Å². The van der Waals surface area contributed by atoms with E-state index in [1.807, 2.05) is 24.3 Å². The van der Waals surface area contributed by atoms with Crippen molar-refractivity contribution in [2.24, 2.45) is 5.92 Å². The lowest BCUT2D eigenvalue weighted by atomic mass is 9.96. The summed E-state index contributed by atoms with van der Waals surface area (Å²) in [4.78, 5) is 39.4. The fraction of sp³-hybridized carbons (Fsp3) is 0.526. The summed E-state index contributed by atoms with van der Waals surface area (Å²) in [6.07, 6.45) is 0.556. The molecule has 0 aliphatic carbocycles. The van der Waals surface area contributed by atoms with E-state index < -0.39 is 0 Å². The number of cyclic esters (lactones) is 1. The van der Waals surface area contributed by atoms with Crippen LogP contribution >= 0.6 is 0 Å². The van der Waals surface area contributed by atoms with Crippen molar-refractivity contribution in [1.29, 1.82) is 0 Å². The largest absolute Gasteiger partial charge is 0.496 e. The summed E-state index contributed by atoms with van der Waals surface area (Å²) in [6.45, 7) is 2.57. The highest BCUT2D eigenvalue weighted by molar-refractivity contribution is 5.83. The molecule has 1 aromatic carbocycles. The van der Waals surface area contributed by atoms with Crippen molar-refractivity contribution >= 4 is 17.9 Å². The Morgan fingerprint density at radius 3 is 2.85 bits per heavy atom. The van der Waals surface area contributed by atoms with E-state index >= 15 is 0 Å². The van der Waals surface area contributed by atoms with Crippen molar-refractivity contribution < 1.29 is 23.9 Å². The first-order valence-corrected chi connectivity index (χ1v) is 9.17. The Morgan fingerprint density at radius 1 is 1.30 bits per heavy atom. The number of hydrogen-bond acceptors (Lipinski definition) is 5. The van der Waals surface area contributed by atoms with E-state index in [4.69, 9.17) is 9.47 Å². The summed E-state index contributed by atoms with van der Waals surface area (Å²) in [5.41, 5.74) is 0.918. The minimum Gasteiger partial charge on any atom is -0.496 e. The molecule has 3 rings (SSSR count). The number of nitrogens with zero attached hydrogens (tertiary/aromatic N) is 2. The number of piperidine rings is 1. The topological polar surface area (TPSA) is 88.2 Å². The molecule has 0 spiro atoms. The van der Waals surface area contributed by atoms with Gasteiger partial charge in [0.1, 0.15) is 12.4 Å². The van der Waals surface area contributed by atoms with Gasteiger partial charge in [-0.25, -0.2) is 4.79 Å². The molecule has 1 unspecified atom stereocenters. The molecule has 3 amide bonds. The van der Waals surface area contributed by atoms with E-state index in [0.29, 0.717) is 52.2 Å². The van der Waals surface area contributed by atoms with E-state index in [-0.39, 0.29) is 23.8 Å². The summed E-state index contributed by atoms with van der Waals surface area (Å²) in [5.74, 6) is 0.446. The van der Waals surface area contributed by atoms with E-state index in [1.165, 1.54) is 0 Å². The number of carbonyl (C=O) groups is 3. The van der Waals surface area contributed by atoms with E-state index in [9.17, 15) is 14.4 Å². The fourth-order valence-electron chi connectivity index (χ4n) is 3.41. The standard InChI is InChI=1S/C19H25N3O5/c1-26-16-5-3-2-4-14(16)12-22-13-15(6-7-17(22)23)18(24)20-8-9-21-10-11-27-19(21)25/h2-5,15H,6-13H2,1H3,(H,20,24). The molecular formula is C19H25N3O5. The second kappa shape index (κ2) is 8.75. The van der Waals surface area contributed by atoms with Gasteiger partial charge in [-0.15, -0.1) is 0 Å². The van der Waals surface area contributed by atoms with Gasteiger partial charge in [0, 0.05) is 38.2 Å².